The van der Waals surface area contributed by atoms with Crippen LogP contribution in [-0.2, 0) is 6.54 Å². The molecule has 0 aliphatic carbocycles. The first-order valence-corrected chi connectivity index (χ1v) is 5.53. The molecule has 6 nitrogen and oxygen atoms in total. The molecule has 0 unspecified atom stereocenters. The number of pyridine rings is 1. The van der Waals surface area contributed by atoms with Crippen LogP contribution >= 0.6 is 0 Å². The molecule has 0 fully saturated rings. The first-order chi connectivity index (χ1) is 9.29. The van der Waals surface area contributed by atoms with Crippen molar-refractivity contribution < 1.29 is 14.4 Å². The van der Waals surface area contributed by atoms with Gasteiger partial charge >= 0.3 is 0 Å². The Balaban J connectivity index is 1.95. The smallest absolute Gasteiger partial charge is 0.270 e. The lowest BCUT2D eigenvalue weighted by molar-refractivity contribution is 0.0945. The van der Waals surface area contributed by atoms with Gasteiger partial charge in [-0.25, -0.2) is 4.98 Å². The van der Waals surface area contributed by atoms with Crippen LogP contribution in [0.4, 0.5) is 0 Å². The molecule has 19 heavy (non-hydrogen) atoms. The van der Waals surface area contributed by atoms with Crippen LogP contribution in [0.15, 0.2) is 35.2 Å². The summed E-state index contributed by atoms with van der Waals surface area (Å²) in [4.78, 5) is 15.7. The molecule has 1 amide bonds. The van der Waals surface area contributed by atoms with E-state index in [1.807, 2.05) is 0 Å². The Morgan fingerprint density at radius 2 is 2.32 bits per heavy atom. The highest BCUT2D eigenvalue weighted by molar-refractivity contribution is 5.92. The summed E-state index contributed by atoms with van der Waals surface area (Å²) in [7, 11) is 0. The number of carbonyl (C=O) groups excluding carboxylic acids is 1. The molecule has 2 N–H and O–H groups in total. The van der Waals surface area contributed by atoms with Gasteiger partial charge in [-0.1, -0.05) is 17.0 Å². The van der Waals surface area contributed by atoms with Crippen LogP contribution in [0.25, 0.3) is 0 Å². The topological polar surface area (TPSA) is 88.2 Å². The Morgan fingerprint density at radius 1 is 1.42 bits per heavy atom. The molecular formula is C13H11N3O3. The molecule has 0 saturated carbocycles. The van der Waals surface area contributed by atoms with Gasteiger partial charge in [0.1, 0.15) is 24.3 Å². The first-order valence-electron chi connectivity index (χ1n) is 5.53. The summed E-state index contributed by atoms with van der Waals surface area (Å²) in [6, 6.07) is 4.90. The Hall–Kier alpha value is -2.65. The third-order valence-electron chi connectivity index (χ3n) is 2.23. The van der Waals surface area contributed by atoms with Gasteiger partial charge in [0.25, 0.3) is 5.91 Å². The highest BCUT2D eigenvalue weighted by Gasteiger charge is 2.07. The molecule has 0 aromatic carbocycles. The van der Waals surface area contributed by atoms with Crippen LogP contribution in [0.5, 0.6) is 0 Å². The second kappa shape index (κ2) is 6.33. The SMILES string of the molecule is O=C(NCc1ccon1)c1ccc(C#CCO)cn1. The van der Waals surface area contributed by atoms with E-state index in [-0.39, 0.29) is 24.8 Å². The van der Waals surface area contributed by atoms with Gasteiger partial charge in [0.05, 0.1) is 6.54 Å². The Kier molecular flexibility index (Phi) is 4.26. The fraction of sp³-hybridized carbons (Fsp3) is 0.154. The summed E-state index contributed by atoms with van der Waals surface area (Å²) in [5.74, 6) is 4.90. The Bertz CT molecular complexity index is 594. The lowest BCUT2D eigenvalue weighted by atomic mass is 10.2. The van der Waals surface area contributed by atoms with Crippen LogP contribution in [0, 0.1) is 11.8 Å². The van der Waals surface area contributed by atoms with Crippen molar-refractivity contribution in [1.29, 1.82) is 0 Å². The lowest BCUT2D eigenvalue weighted by Gasteiger charge is -2.01. The van der Waals surface area contributed by atoms with E-state index in [4.69, 9.17) is 5.11 Å². The molecule has 0 aliphatic heterocycles. The summed E-state index contributed by atoms with van der Waals surface area (Å²) in [6.07, 6.45) is 2.92. The third-order valence-corrected chi connectivity index (χ3v) is 2.23. The molecule has 0 aliphatic rings. The quantitative estimate of drug-likeness (QED) is 0.774. The van der Waals surface area contributed by atoms with E-state index in [2.05, 4.69) is 31.8 Å². The number of carbonyl (C=O) groups is 1. The van der Waals surface area contributed by atoms with E-state index in [0.717, 1.165) is 0 Å². The van der Waals surface area contributed by atoms with Gasteiger partial charge in [-0.2, -0.15) is 0 Å². The van der Waals surface area contributed by atoms with E-state index < -0.39 is 0 Å². The van der Waals surface area contributed by atoms with Crippen LogP contribution in [0.2, 0.25) is 0 Å². The predicted molar refractivity (Wildman–Crippen MR) is 65.9 cm³/mol. The Morgan fingerprint density at radius 3 is 2.95 bits per heavy atom. The highest BCUT2D eigenvalue weighted by Crippen LogP contribution is 2.00. The average Bonchev–Trinajstić information content (AvgIpc) is 2.96. The molecule has 2 heterocycles. The maximum atomic E-state index is 11.8. The average molecular weight is 257 g/mol. The van der Waals surface area contributed by atoms with E-state index in [9.17, 15) is 4.79 Å². The van der Waals surface area contributed by atoms with Crippen LogP contribution in [0.1, 0.15) is 21.7 Å². The molecule has 96 valence electrons. The molecule has 2 aromatic rings. The van der Waals surface area contributed by atoms with E-state index >= 15 is 0 Å². The number of nitrogens with zero attached hydrogens (tertiary/aromatic N) is 2. The second-order valence-corrected chi connectivity index (χ2v) is 3.57. The van der Waals surface area contributed by atoms with Crippen molar-refractivity contribution in [3.05, 3.63) is 47.6 Å². The summed E-state index contributed by atoms with van der Waals surface area (Å²) in [5, 5.41) is 14.9. The van der Waals surface area contributed by atoms with Crippen LogP contribution in [-0.4, -0.2) is 27.8 Å². The van der Waals surface area contributed by atoms with E-state index in [0.29, 0.717) is 11.3 Å². The number of hydrogen-bond acceptors (Lipinski definition) is 5. The van der Waals surface area contributed by atoms with Crippen LogP contribution < -0.4 is 5.32 Å². The number of rotatable bonds is 3. The zero-order valence-corrected chi connectivity index (χ0v) is 9.96. The molecule has 2 aromatic heterocycles. The second-order valence-electron chi connectivity index (χ2n) is 3.57. The number of aliphatic hydroxyl groups excluding tert-OH is 1. The zero-order chi connectivity index (χ0) is 13.5. The predicted octanol–water partition coefficient (Wildman–Crippen LogP) is 0.343. The minimum absolute atomic E-state index is 0.208. The molecule has 0 atom stereocenters. The summed E-state index contributed by atoms with van der Waals surface area (Å²) in [6.45, 7) is 0.0724. The minimum atomic E-state index is -0.301. The van der Waals surface area contributed by atoms with Gasteiger partial charge in [0.2, 0.25) is 0 Å². The van der Waals surface area contributed by atoms with E-state index in [1.165, 1.54) is 12.5 Å². The number of nitrogens with one attached hydrogen (secondary N) is 1. The van der Waals surface area contributed by atoms with Gasteiger partial charge in [0, 0.05) is 17.8 Å². The summed E-state index contributed by atoms with van der Waals surface area (Å²) >= 11 is 0. The molecule has 0 bridgehead atoms. The van der Waals surface area contributed by atoms with Gasteiger partial charge in [0.15, 0.2) is 0 Å². The summed E-state index contributed by atoms with van der Waals surface area (Å²) in [5.41, 5.74) is 1.57. The van der Waals surface area contributed by atoms with Crippen molar-refractivity contribution in [3.8, 4) is 11.8 Å². The van der Waals surface area contributed by atoms with E-state index in [1.54, 1.807) is 18.2 Å². The number of hydrogen-bond donors (Lipinski definition) is 2. The standard InChI is InChI=1S/C13H11N3O3/c17-6-1-2-10-3-4-12(14-8-10)13(18)15-9-11-5-7-19-16-11/h3-5,7-8,17H,6,9H2,(H,15,18). The first kappa shape index (κ1) is 12.8. The van der Waals surface area contributed by atoms with Crippen molar-refractivity contribution in [2.24, 2.45) is 0 Å². The third kappa shape index (κ3) is 3.66. The normalized spacial score (nSPS) is 9.53. The molecule has 0 saturated heterocycles. The minimum Gasteiger partial charge on any atom is -0.384 e. The van der Waals surface area contributed by atoms with Gasteiger partial charge in [-0.05, 0) is 12.1 Å². The monoisotopic (exact) mass is 257 g/mol. The molecule has 0 radical (unpaired) electrons. The van der Waals surface area contributed by atoms with Gasteiger partial charge in [-0.3, -0.25) is 4.79 Å². The van der Waals surface area contributed by atoms with Crippen molar-refractivity contribution in [2.45, 2.75) is 6.54 Å². The van der Waals surface area contributed by atoms with Crippen molar-refractivity contribution in [2.75, 3.05) is 6.61 Å². The Labute approximate surface area is 109 Å². The van der Waals surface area contributed by atoms with Crippen LogP contribution in [0.3, 0.4) is 0 Å². The van der Waals surface area contributed by atoms with Gasteiger partial charge < -0.3 is 14.9 Å². The van der Waals surface area contributed by atoms with Crippen molar-refractivity contribution in [3.63, 3.8) is 0 Å². The van der Waals surface area contributed by atoms with Crippen molar-refractivity contribution in [1.82, 2.24) is 15.5 Å². The fourth-order valence-corrected chi connectivity index (χ4v) is 1.33. The maximum absolute atomic E-state index is 11.8. The summed E-state index contributed by atoms with van der Waals surface area (Å²) < 4.78 is 4.65. The van der Waals surface area contributed by atoms with Gasteiger partial charge in [-0.15, -0.1) is 0 Å². The lowest BCUT2D eigenvalue weighted by Crippen LogP contribution is -2.23. The number of aromatic nitrogens is 2. The molecule has 0 spiro atoms. The largest absolute Gasteiger partial charge is 0.384 e. The number of amides is 1. The maximum Gasteiger partial charge on any atom is 0.270 e. The highest BCUT2D eigenvalue weighted by atomic mass is 16.5. The van der Waals surface area contributed by atoms with Crippen molar-refractivity contribution >= 4 is 5.91 Å². The number of aliphatic hydroxyl groups is 1. The fourth-order valence-electron chi connectivity index (χ4n) is 1.33. The molecule has 6 heteroatoms. The molecular weight excluding hydrogens is 246 g/mol. The molecule has 2 rings (SSSR count). The zero-order valence-electron chi connectivity index (χ0n) is 9.96.